The minimum Gasteiger partial charge on any atom is -0.486 e. The molecule has 1 aromatic carbocycles. The largest absolute Gasteiger partial charge is 0.486 e. The molecule has 4 aromatic rings. The molecule has 5 rings (SSSR count). The molecule has 0 aliphatic carbocycles. The van der Waals surface area contributed by atoms with Crippen LogP contribution in [0.1, 0.15) is 18.6 Å². The standard InChI is InChI=1S/C24H23Cl2FN6O2S/c1-14(22-18(25)12-29-13-19(22)26)35-16-3-4-21-17(10-16)23(32-31-21)15-9-20(27)24(30-11-15)33-5-7-36(34,28-2)8-6-33/h3-4,9-14H,5-8H2,1-2H3,(H,31,32). The molecule has 3 aromatic heterocycles. The van der Waals surface area contributed by atoms with E-state index in [1.807, 2.05) is 25.1 Å². The Balaban J connectivity index is 1.41. The molecular formula is C24H23Cl2FN6O2S. The summed E-state index contributed by atoms with van der Waals surface area (Å²) in [4.78, 5) is 10.2. The quantitative estimate of drug-likeness (QED) is 0.352. The van der Waals surface area contributed by atoms with E-state index < -0.39 is 21.7 Å². The Morgan fingerprint density at radius 2 is 1.89 bits per heavy atom. The van der Waals surface area contributed by atoms with Crippen molar-refractivity contribution in [1.82, 2.24) is 20.2 Å². The zero-order chi connectivity index (χ0) is 25.4. The third-order valence-electron chi connectivity index (χ3n) is 6.23. The number of fused-ring (bicyclic) bond motifs is 1. The van der Waals surface area contributed by atoms with Gasteiger partial charge in [0.05, 0.1) is 15.6 Å². The molecule has 1 unspecified atom stereocenters. The van der Waals surface area contributed by atoms with Crippen molar-refractivity contribution in [1.29, 1.82) is 0 Å². The van der Waals surface area contributed by atoms with Crippen LogP contribution in [0.3, 0.4) is 0 Å². The SMILES string of the molecule is CN=S1(=O)CCN(c2ncc(-c3n[nH]c4ccc(OC(C)c5c(Cl)cncc5Cl)cc34)cc2F)CC1. The number of hydrogen-bond acceptors (Lipinski definition) is 7. The van der Waals surface area contributed by atoms with Crippen molar-refractivity contribution in [2.45, 2.75) is 13.0 Å². The van der Waals surface area contributed by atoms with E-state index in [4.69, 9.17) is 27.9 Å². The second-order valence-corrected chi connectivity index (χ2v) is 12.0. The van der Waals surface area contributed by atoms with Gasteiger partial charge in [-0.3, -0.25) is 10.1 Å². The molecule has 1 aliphatic heterocycles. The van der Waals surface area contributed by atoms with Crippen molar-refractivity contribution in [3.8, 4) is 17.0 Å². The van der Waals surface area contributed by atoms with Crippen LogP contribution in [-0.4, -0.2) is 56.0 Å². The molecule has 0 amide bonds. The molecule has 12 heteroatoms. The van der Waals surface area contributed by atoms with Gasteiger partial charge in [-0.15, -0.1) is 0 Å². The highest BCUT2D eigenvalue weighted by molar-refractivity contribution is 7.93. The first kappa shape index (κ1) is 24.7. The molecule has 36 heavy (non-hydrogen) atoms. The molecule has 4 heterocycles. The van der Waals surface area contributed by atoms with Gasteiger partial charge in [0.1, 0.15) is 17.5 Å². The molecule has 1 saturated heterocycles. The van der Waals surface area contributed by atoms with E-state index in [0.717, 1.165) is 10.9 Å². The number of hydrogen-bond donors (Lipinski definition) is 1. The topological polar surface area (TPSA) is 96.4 Å². The lowest BCUT2D eigenvalue weighted by molar-refractivity contribution is 0.227. The minimum absolute atomic E-state index is 0.236. The van der Waals surface area contributed by atoms with E-state index in [1.165, 1.54) is 18.5 Å². The normalized spacial score (nSPS) is 16.2. The molecule has 1 atom stereocenters. The minimum atomic E-state index is -2.20. The molecule has 1 N–H and O–H groups in total. The number of benzene rings is 1. The summed E-state index contributed by atoms with van der Waals surface area (Å²) >= 11 is 12.5. The van der Waals surface area contributed by atoms with Gasteiger partial charge in [0.2, 0.25) is 0 Å². The van der Waals surface area contributed by atoms with Gasteiger partial charge in [0.25, 0.3) is 0 Å². The molecule has 1 fully saturated rings. The van der Waals surface area contributed by atoms with E-state index >= 15 is 4.39 Å². The highest BCUT2D eigenvalue weighted by atomic mass is 35.5. The van der Waals surface area contributed by atoms with Crippen molar-refractivity contribution in [2.75, 3.05) is 36.5 Å². The Kier molecular flexibility index (Phi) is 6.76. The van der Waals surface area contributed by atoms with Crippen LogP contribution in [0.5, 0.6) is 5.75 Å². The van der Waals surface area contributed by atoms with Crippen LogP contribution in [0.4, 0.5) is 10.2 Å². The lowest BCUT2D eigenvalue weighted by Gasteiger charge is -2.29. The first-order chi connectivity index (χ1) is 17.3. The molecule has 0 bridgehead atoms. The molecule has 0 spiro atoms. The van der Waals surface area contributed by atoms with Gasteiger partial charge in [0.15, 0.2) is 11.6 Å². The average molecular weight is 549 g/mol. The lowest BCUT2D eigenvalue weighted by atomic mass is 10.1. The van der Waals surface area contributed by atoms with E-state index in [0.29, 0.717) is 57.2 Å². The molecular weight excluding hydrogens is 526 g/mol. The molecule has 0 radical (unpaired) electrons. The second-order valence-electron chi connectivity index (χ2n) is 8.44. The van der Waals surface area contributed by atoms with Crippen LogP contribution < -0.4 is 9.64 Å². The summed E-state index contributed by atoms with van der Waals surface area (Å²) in [6.07, 6.45) is 4.20. The van der Waals surface area contributed by atoms with E-state index in [2.05, 4.69) is 24.5 Å². The fraction of sp³-hybridized carbons (Fsp3) is 0.292. The van der Waals surface area contributed by atoms with Crippen molar-refractivity contribution in [3.05, 3.63) is 64.3 Å². The maximum absolute atomic E-state index is 15.1. The summed E-state index contributed by atoms with van der Waals surface area (Å²) in [6.45, 7) is 2.73. The summed E-state index contributed by atoms with van der Waals surface area (Å²) < 4.78 is 37.7. The summed E-state index contributed by atoms with van der Waals surface area (Å²) in [6, 6.07) is 6.89. The zero-order valence-electron chi connectivity index (χ0n) is 19.5. The first-order valence-electron chi connectivity index (χ1n) is 11.2. The van der Waals surface area contributed by atoms with Crippen molar-refractivity contribution in [3.63, 3.8) is 0 Å². The number of halogens is 3. The van der Waals surface area contributed by atoms with Crippen LogP contribution >= 0.6 is 23.2 Å². The van der Waals surface area contributed by atoms with E-state index in [-0.39, 0.29) is 5.82 Å². The van der Waals surface area contributed by atoms with Gasteiger partial charge in [-0.25, -0.2) is 17.9 Å². The Labute approximate surface area is 218 Å². The van der Waals surface area contributed by atoms with Gasteiger partial charge in [0, 0.05) is 76.5 Å². The number of pyridine rings is 2. The third kappa shape index (κ3) is 4.72. The molecule has 0 saturated carbocycles. The Bertz CT molecular complexity index is 1540. The van der Waals surface area contributed by atoms with Crippen molar-refractivity contribution >= 4 is 49.7 Å². The predicted molar refractivity (Wildman–Crippen MR) is 141 cm³/mol. The summed E-state index contributed by atoms with van der Waals surface area (Å²) in [5.41, 5.74) is 2.48. The molecule has 1 aliphatic rings. The van der Waals surface area contributed by atoms with Crippen molar-refractivity contribution < 1.29 is 13.3 Å². The number of aromatic amines is 1. The second kappa shape index (κ2) is 9.84. The highest BCUT2D eigenvalue weighted by Crippen LogP contribution is 2.35. The maximum Gasteiger partial charge on any atom is 0.166 e. The van der Waals surface area contributed by atoms with Gasteiger partial charge in [-0.1, -0.05) is 23.2 Å². The zero-order valence-corrected chi connectivity index (χ0v) is 21.9. The number of anilines is 1. The third-order valence-corrected chi connectivity index (χ3v) is 9.14. The van der Waals surface area contributed by atoms with Gasteiger partial charge in [-0.05, 0) is 31.2 Å². The highest BCUT2D eigenvalue weighted by Gasteiger charge is 2.24. The fourth-order valence-corrected chi connectivity index (χ4v) is 6.52. The molecule has 8 nitrogen and oxygen atoms in total. The lowest BCUT2D eigenvalue weighted by Crippen LogP contribution is -2.41. The maximum atomic E-state index is 15.1. The Morgan fingerprint density at radius 1 is 1.17 bits per heavy atom. The van der Waals surface area contributed by atoms with Crippen LogP contribution in [0.25, 0.3) is 22.2 Å². The monoisotopic (exact) mass is 548 g/mol. The van der Waals surface area contributed by atoms with Gasteiger partial charge in [-0.2, -0.15) is 5.10 Å². The smallest absolute Gasteiger partial charge is 0.166 e. The molecule has 188 valence electrons. The predicted octanol–water partition coefficient (Wildman–Crippen LogP) is 5.52. The Morgan fingerprint density at radius 3 is 2.56 bits per heavy atom. The number of ether oxygens (including phenoxy) is 1. The van der Waals surface area contributed by atoms with Crippen LogP contribution in [0.15, 0.2) is 47.2 Å². The van der Waals surface area contributed by atoms with Gasteiger partial charge >= 0.3 is 0 Å². The number of nitrogens with zero attached hydrogens (tertiary/aromatic N) is 5. The average Bonchev–Trinajstić information content (AvgIpc) is 3.28. The summed E-state index contributed by atoms with van der Waals surface area (Å²) in [5, 5.41) is 8.94. The number of nitrogens with one attached hydrogen (secondary N) is 1. The van der Waals surface area contributed by atoms with Gasteiger partial charge < -0.3 is 9.64 Å². The van der Waals surface area contributed by atoms with Crippen molar-refractivity contribution in [2.24, 2.45) is 4.36 Å². The summed E-state index contributed by atoms with van der Waals surface area (Å²) in [5.74, 6) is 1.14. The first-order valence-corrected chi connectivity index (χ1v) is 13.8. The fourth-order valence-electron chi connectivity index (χ4n) is 4.27. The van der Waals surface area contributed by atoms with E-state index in [9.17, 15) is 4.21 Å². The number of aromatic nitrogens is 4. The Hall–Kier alpha value is -2.95. The number of rotatable bonds is 5. The van der Waals surface area contributed by atoms with E-state index in [1.54, 1.807) is 18.1 Å². The summed E-state index contributed by atoms with van der Waals surface area (Å²) in [7, 11) is -0.626. The number of H-pyrrole nitrogens is 1. The van der Waals surface area contributed by atoms with Crippen LogP contribution in [-0.2, 0) is 9.73 Å². The van der Waals surface area contributed by atoms with Crippen LogP contribution in [0, 0.1) is 5.82 Å². The van der Waals surface area contributed by atoms with Crippen LogP contribution in [0.2, 0.25) is 10.0 Å².